The standard InChI is InChI=1S/C17H12ClN3O4/c1-10-15(17(22)23)16(11-2-6-14(7-3-11)21(24)25)19-20(10)13-8-4-12(18)5-9-13/h2-9H,1H3,(H,22,23). The van der Waals surface area contributed by atoms with Crippen LogP contribution in [0.5, 0.6) is 0 Å². The van der Waals surface area contributed by atoms with E-state index in [9.17, 15) is 20.0 Å². The predicted molar refractivity (Wildman–Crippen MR) is 92.4 cm³/mol. The number of hydrogen-bond acceptors (Lipinski definition) is 4. The number of hydrogen-bond donors (Lipinski definition) is 1. The van der Waals surface area contributed by atoms with E-state index >= 15 is 0 Å². The highest BCUT2D eigenvalue weighted by atomic mass is 35.5. The van der Waals surface area contributed by atoms with Crippen LogP contribution in [0.2, 0.25) is 5.02 Å². The summed E-state index contributed by atoms with van der Waals surface area (Å²) in [6, 6.07) is 12.4. The molecular weight excluding hydrogens is 346 g/mol. The quantitative estimate of drug-likeness (QED) is 0.559. The van der Waals surface area contributed by atoms with E-state index in [2.05, 4.69) is 5.10 Å². The zero-order valence-electron chi connectivity index (χ0n) is 13.0. The van der Waals surface area contributed by atoms with Crippen LogP contribution >= 0.6 is 11.6 Å². The Morgan fingerprint density at radius 2 is 1.76 bits per heavy atom. The fraction of sp³-hybridized carbons (Fsp3) is 0.0588. The number of carboxylic acids is 1. The van der Waals surface area contributed by atoms with E-state index < -0.39 is 10.9 Å². The molecule has 0 aliphatic heterocycles. The molecule has 0 atom stereocenters. The second-order valence-electron chi connectivity index (χ2n) is 5.31. The van der Waals surface area contributed by atoms with Crippen molar-refractivity contribution < 1.29 is 14.8 Å². The van der Waals surface area contributed by atoms with Crippen LogP contribution < -0.4 is 0 Å². The molecule has 0 amide bonds. The first-order chi connectivity index (χ1) is 11.9. The van der Waals surface area contributed by atoms with E-state index in [-0.39, 0.29) is 16.9 Å². The summed E-state index contributed by atoms with van der Waals surface area (Å²) in [6.07, 6.45) is 0. The number of carboxylic acid groups (broad SMARTS) is 1. The summed E-state index contributed by atoms with van der Waals surface area (Å²) in [7, 11) is 0. The molecule has 3 rings (SSSR count). The second-order valence-corrected chi connectivity index (χ2v) is 5.74. The van der Waals surface area contributed by atoms with Crippen LogP contribution in [0.25, 0.3) is 16.9 Å². The van der Waals surface area contributed by atoms with Gasteiger partial charge in [-0.2, -0.15) is 5.10 Å². The van der Waals surface area contributed by atoms with Gasteiger partial charge in [0.2, 0.25) is 0 Å². The number of carbonyl (C=O) groups is 1. The summed E-state index contributed by atoms with van der Waals surface area (Å²) >= 11 is 5.88. The van der Waals surface area contributed by atoms with Gasteiger partial charge in [-0.05, 0) is 43.3 Å². The van der Waals surface area contributed by atoms with Crippen LogP contribution in [0.15, 0.2) is 48.5 Å². The van der Waals surface area contributed by atoms with E-state index in [1.54, 1.807) is 31.2 Å². The van der Waals surface area contributed by atoms with Crippen molar-refractivity contribution in [3.63, 3.8) is 0 Å². The first-order valence-electron chi connectivity index (χ1n) is 7.22. The summed E-state index contributed by atoms with van der Waals surface area (Å²) in [5.41, 5.74) is 1.81. The molecule has 0 bridgehead atoms. The van der Waals surface area contributed by atoms with Crippen molar-refractivity contribution in [2.24, 2.45) is 0 Å². The van der Waals surface area contributed by atoms with Crippen molar-refractivity contribution in [3.8, 4) is 16.9 Å². The summed E-state index contributed by atoms with van der Waals surface area (Å²) < 4.78 is 1.51. The van der Waals surface area contributed by atoms with Crippen LogP contribution in [-0.2, 0) is 0 Å². The SMILES string of the molecule is Cc1c(C(=O)O)c(-c2ccc([N+](=O)[O-])cc2)nn1-c1ccc(Cl)cc1. The van der Waals surface area contributed by atoms with Gasteiger partial charge in [0.05, 0.1) is 16.3 Å². The van der Waals surface area contributed by atoms with Crippen molar-refractivity contribution in [3.05, 3.63) is 74.9 Å². The molecule has 0 saturated heterocycles. The Morgan fingerprint density at radius 1 is 1.16 bits per heavy atom. The number of aromatic carboxylic acids is 1. The normalized spacial score (nSPS) is 10.6. The third-order valence-electron chi connectivity index (χ3n) is 3.75. The van der Waals surface area contributed by atoms with Crippen molar-refractivity contribution in [2.75, 3.05) is 0 Å². The Morgan fingerprint density at radius 3 is 2.28 bits per heavy atom. The van der Waals surface area contributed by atoms with Crippen molar-refractivity contribution >= 4 is 23.3 Å². The van der Waals surface area contributed by atoms with Gasteiger partial charge in [-0.15, -0.1) is 0 Å². The molecule has 2 aromatic carbocycles. The number of aromatic nitrogens is 2. The lowest BCUT2D eigenvalue weighted by atomic mass is 10.1. The highest BCUT2D eigenvalue weighted by Gasteiger charge is 2.23. The van der Waals surface area contributed by atoms with Gasteiger partial charge in [-0.25, -0.2) is 9.48 Å². The summed E-state index contributed by atoms with van der Waals surface area (Å²) in [6.45, 7) is 1.65. The van der Waals surface area contributed by atoms with E-state index in [0.717, 1.165) is 0 Å². The molecule has 8 heteroatoms. The van der Waals surface area contributed by atoms with E-state index in [0.29, 0.717) is 22.0 Å². The lowest BCUT2D eigenvalue weighted by molar-refractivity contribution is -0.384. The van der Waals surface area contributed by atoms with Gasteiger partial charge in [-0.1, -0.05) is 11.6 Å². The van der Waals surface area contributed by atoms with Gasteiger partial charge in [0.15, 0.2) is 0 Å². The van der Waals surface area contributed by atoms with Crippen LogP contribution in [0.1, 0.15) is 16.1 Å². The number of non-ortho nitro benzene ring substituents is 1. The largest absolute Gasteiger partial charge is 0.478 e. The van der Waals surface area contributed by atoms with Crippen LogP contribution in [0.3, 0.4) is 0 Å². The third-order valence-corrected chi connectivity index (χ3v) is 4.00. The van der Waals surface area contributed by atoms with Crippen molar-refractivity contribution in [1.82, 2.24) is 9.78 Å². The maximum Gasteiger partial charge on any atom is 0.339 e. The molecule has 0 fully saturated rings. The molecule has 1 aromatic heterocycles. The third kappa shape index (κ3) is 3.09. The minimum absolute atomic E-state index is 0.0452. The van der Waals surface area contributed by atoms with Crippen LogP contribution in [0.4, 0.5) is 5.69 Å². The molecule has 1 N–H and O–H groups in total. The lowest BCUT2D eigenvalue weighted by Gasteiger charge is -2.04. The average molecular weight is 358 g/mol. The van der Waals surface area contributed by atoms with Crippen LogP contribution in [-0.4, -0.2) is 25.8 Å². The molecule has 126 valence electrons. The highest BCUT2D eigenvalue weighted by molar-refractivity contribution is 6.30. The van der Waals surface area contributed by atoms with Gasteiger partial charge >= 0.3 is 5.97 Å². The Hall–Kier alpha value is -3.19. The van der Waals surface area contributed by atoms with Gasteiger partial charge < -0.3 is 5.11 Å². The molecule has 0 aliphatic carbocycles. The predicted octanol–water partition coefficient (Wildman–Crippen LogP) is 4.11. The molecule has 1 heterocycles. The molecule has 0 unspecified atom stereocenters. The first-order valence-corrected chi connectivity index (χ1v) is 7.60. The summed E-state index contributed by atoms with van der Waals surface area (Å²) in [5.74, 6) is -1.12. The fourth-order valence-corrected chi connectivity index (χ4v) is 2.66. The average Bonchev–Trinajstić information content (AvgIpc) is 2.93. The fourth-order valence-electron chi connectivity index (χ4n) is 2.54. The van der Waals surface area contributed by atoms with Gasteiger partial charge in [0.1, 0.15) is 11.3 Å². The molecule has 0 radical (unpaired) electrons. The topological polar surface area (TPSA) is 98.3 Å². The smallest absolute Gasteiger partial charge is 0.339 e. The molecule has 25 heavy (non-hydrogen) atoms. The van der Waals surface area contributed by atoms with Gasteiger partial charge in [-0.3, -0.25) is 10.1 Å². The minimum Gasteiger partial charge on any atom is -0.478 e. The Kier molecular flexibility index (Phi) is 4.24. The minimum atomic E-state index is -1.12. The van der Waals surface area contributed by atoms with E-state index in [4.69, 9.17) is 11.6 Å². The maximum absolute atomic E-state index is 11.7. The Labute approximate surface area is 147 Å². The summed E-state index contributed by atoms with van der Waals surface area (Å²) in [5, 5.41) is 25.3. The van der Waals surface area contributed by atoms with E-state index in [1.165, 1.54) is 28.9 Å². The number of halogens is 1. The first kappa shape index (κ1) is 16.7. The lowest BCUT2D eigenvalue weighted by Crippen LogP contribution is -2.02. The molecular formula is C17H12ClN3O4. The summed E-state index contributed by atoms with van der Waals surface area (Å²) in [4.78, 5) is 22.0. The van der Waals surface area contributed by atoms with Crippen molar-refractivity contribution in [1.29, 1.82) is 0 Å². The number of rotatable bonds is 4. The zero-order valence-corrected chi connectivity index (χ0v) is 13.8. The Bertz CT molecular complexity index is 963. The molecule has 3 aromatic rings. The zero-order chi connectivity index (χ0) is 18.1. The number of nitro benzene ring substituents is 1. The molecule has 0 spiro atoms. The van der Waals surface area contributed by atoms with E-state index in [1.807, 2.05) is 0 Å². The Balaban J connectivity index is 2.16. The molecule has 0 saturated carbocycles. The number of nitro groups is 1. The monoisotopic (exact) mass is 357 g/mol. The highest BCUT2D eigenvalue weighted by Crippen LogP contribution is 2.29. The number of nitrogens with zero attached hydrogens (tertiary/aromatic N) is 3. The maximum atomic E-state index is 11.7. The molecule has 7 nitrogen and oxygen atoms in total. The van der Waals surface area contributed by atoms with Crippen molar-refractivity contribution in [2.45, 2.75) is 6.92 Å². The van der Waals surface area contributed by atoms with Crippen LogP contribution in [0, 0.1) is 17.0 Å². The van der Waals surface area contributed by atoms with Gasteiger partial charge in [0, 0.05) is 22.7 Å². The number of benzene rings is 2. The van der Waals surface area contributed by atoms with Gasteiger partial charge in [0.25, 0.3) is 5.69 Å². The molecule has 0 aliphatic rings. The second kappa shape index (κ2) is 6.37.